The van der Waals surface area contributed by atoms with Crippen LogP contribution in [0.1, 0.15) is 31.9 Å². The van der Waals surface area contributed by atoms with Crippen LogP contribution in [0.5, 0.6) is 0 Å². The molecular formula is C13H19BrClNO. The zero-order valence-corrected chi connectivity index (χ0v) is 12.5. The molecule has 0 saturated carbocycles. The summed E-state index contributed by atoms with van der Waals surface area (Å²) in [5, 5.41) is 10.9. The van der Waals surface area contributed by atoms with Crippen LogP contribution in [-0.2, 0) is 0 Å². The largest absolute Gasteiger partial charge is 0.388 e. The summed E-state index contributed by atoms with van der Waals surface area (Å²) in [7, 11) is 0. The lowest BCUT2D eigenvalue weighted by atomic mass is 9.88. The first kappa shape index (κ1) is 15.0. The average Bonchev–Trinajstić information content (AvgIpc) is 2.28. The predicted molar refractivity (Wildman–Crippen MR) is 76.1 cm³/mol. The number of halogens is 2. The summed E-state index contributed by atoms with van der Waals surface area (Å²) in [6, 6.07) is 5.58. The monoisotopic (exact) mass is 319 g/mol. The fraction of sp³-hybridized carbons (Fsp3) is 0.538. The van der Waals surface area contributed by atoms with E-state index in [1.807, 2.05) is 18.2 Å². The summed E-state index contributed by atoms with van der Waals surface area (Å²) in [6.07, 6.45) is 0.285. The third-order valence-electron chi connectivity index (χ3n) is 2.82. The van der Waals surface area contributed by atoms with Gasteiger partial charge in [0.05, 0.1) is 11.1 Å². The van der Waals surface area contributed by atoms with Gasteiger partial charge in [-0.15, -0.1) is 0 Å². The SMILES string of the molecule is CC(C)CC(CN)C(O)c1cccc(Br)c1Cl. The molecule has 4 heteroatoms. The van der Waals surface area contributed by atoms with E-state index < -0.39 is 6.10 Å². The summed E-state index contributed by atoms with van der Waals surface area (Å²) in [5.41, 5.74) is 6.48. The molecule has 17 heavy (non-hydrogen) atoms. The number of benzene rings is 1. The summed E-state index contributed by atoms with van der Waals surface area (Å²) in [5.74, 6) is 0.547. The minimum atomic E-state index is -0.604. The fourth-order valence-electron chi connectivity index (χ4n) is 1.96. The Kier molecular flexibility index (Phi) is 5.93. The average molecular weight is 321 g/mol. The molecule has 1 aromatic rings. The third kappa shape index (κ3) is 3.95. The second kappa shape index (κ2) is 6.74. The molecule has 2 unspecified atom stereocenters. The summed E-state index contributed by atoms with van der Waals surface area (Å²) in [4.78, 5) is 0. The van der Waals surface area contributed by atoms with Crippen molar-refractivity contribution in [2.45, 2.75) is 26.4 Å². The van der Waals surface area contributed by atoms with Crippen LogP contribution in [0.3, 0.4) is 0 Å². The Labute approximate surface area is 116 Å². The Morgan fingerprint density at radius 1 is 1.41 bits per heavy atom. The number of hydrogen-bond acceptors (Lipinski definition) is 2. The van der Waals surface area contributed by atoms with E-state index in [0.717, 1.165) is 16.5 Å². The molecule has 2 nitrogen and oxygen atoms in total. The van der Waals surface area contributed by atoms with Crippen LogP contribution < -0.4 is 5.73 Å². The standard InChI is InChI=1S/C13H19BrClNO/c1-8(2)6-9(7-16)13(17)10-4-3-5-11(14)12(10)15/h3-5,8-9,13,17H,6-7,16H2,1-2H3. The van der Waals surface area contributed by atoms with Crippen molar-refractivity contribution >= 4 is 27.5 Å². The maximum absolute atomic E-state index is 10.3. The smallest absolute Gasteiger partial charge is 0.0845 e. The Balaban J connectivity index is 2.93. The second-order valence-corrected chi connectivity index (χ2v) is 5.95. The highest BCUT2D eigenvalue weighted by Gasteiger charge is 2.23. The van der Waals surface area contributed by atoms with Gasteiger partial charge in [-0.2, -0.15) is 0 Å². The van der Waals surface area contributed by atoms with E-state index in [9.17, 15) is 5.11 Å². The number of aliphatic hydroxyl groups excluding tert-OH is 1. The molecule has 0 saturated heterocycles. The molecule has 0 bridgehead atoms. The Bertz CT molecular complexity index is 370. The first-order chi connectivity index (χ1) is 7.97. The Morgan fingerprint density at radius 3 is 2.59 bits per heavy atom. The quantitative estimate of drug-likeness (QED) is 0.868. The molecule has 0 aliphatic heterocycles. The van der Waals surface area contributed by atoms with Crippen LogP contribution in [0.15, 0.2) is 22.7 Å². The van der Waals surface area contributed by atoms with Crippen molar-refractivity contribution < 1.29 is 5.11 Å². The minimum absolute atomic E-state index is 0.0433. The first-order valence-corrected chi connectivity index (χ1v) is 6.96. The lowest BCUT2D eigenvalue weighted by molar-refractivity contribution is 0.0995. The number of aliphatic hydroxyl groups is 1. The fourth-order valence-corrected chi connectivity index (χ4v) is 2.58. The van der Waals surface area contributed by atoms with Crippen molar-refractivity contribution in [3.63, 3.8) is 0 Å². The Morgan fingerprint density at radius 2 is 2.06 bits per heavy atom. The van der Waals surface area contributed by atoms with E-state index in [1.54, 1.807) is 0 Å². The van der Waals surface area contributed by atoms with Crippen LogP contribution in [0, 0.1) is 11.8 Å². The van der Waals surface area contributed by atoms with Crippen molar-refractivity contribution in [3.8, 4) is 0 Å². The van der Waals surface area contributed by atoms with Crippen LogP contribution in [-0.4, -0.2) is 11.7 Å². The molecule has 0 amide bonds. The molecule has 0 aromatic heterocycles. The zero-order valence-electron chi connectivity index (χ0n) is 10.2. The van der Waals surface area contributed by atoms with Gasteiger partial charge in [-0.25, -0.2) is 0 Å². The summed E-state index contributed by atoms with van der Waals surface area (Å²) >= 11 is 9.54. The van der Waals surface area contributed by atoms with Crippen molar-refractivity contribution in [1.82, 2.24) is 0 Å². The highest BCUT2D eigenvalue weighted by molar-refractivity contribution is 9.10. The van der Waals surface area contributed by atoms with Gasteiger partial charge in [0.15, 0.2) is 0 Å². The zero-order chi connectivity index (χ0) is 13.0. The topological polar surface area (TPSA) is 46.2 Å². The van der Waals surface area contributed by atoms with Crippen LogP contribution in [0.2, 0.25) is 5.02 Å². The molecular weight excluding hydrogens is 302 g/mol. The molecule has 0 aliphatic carbocycles. The van der Waals surface area contributed by atoms with Crippen molar-refractivity contribution in [3.05, 3.63) is 33.3 Å². The maximum Gasteiger partial charge on any atom is 0.0845 e. The lowest BCUT2D eigenvalue weighted by Crippen LogP contribution is -2.23. The summed E-state index contributed by atoms with van der Waals surface area (Å²) < 4.78 is 0.802. The molecule has 0 spiro atoms. The molecule has 0 heterocycles. The van der Waals surface area contributed by atoms with E-state index >= 15 is 0 Å². The summed E-state index contributed by atoms with van der Waals surface area (Å²) in [6.45, 7) is 4.71. The van der Waals surface area contributed by atoms with Gasteiger partial charge in [-0.3, -0.25) is 0 Å². The van der Waals surface area contributed by atoms with Gasteiger partial charge in [0.25, 0.3) is 0 Å². The highest BCUT2D eigenvalue weighted by Crippen LogP contribution is 2.35. The van der Waals surface area contributed by atoms with Gasteiger partial charge in [0, 0.05) is 16.0 Å². The van der Waals surface area contributed by atoms with E-state index in [2.05, 4.69) is 29.8 Å². The number of rotatable bonds is 5. The van der Waals surface area contributed by atoms with Crippen LogP contribution in [0.4, 0.5) is 0 Å². The second-order valence-electron chi connectivity index (χ2n) is 4.71. The Hall–Kier alpha value is -0.0900. The molecule has 3 N–H and O–H groups in total. The van der Waals surface area contributed by atoms with E-state index in [0.29, 0.717) is 17.5 Å². The molecule has 96 valence electrons. The maximum atomic E-state index is 10.3. The molecule has 1 aromatic carbocycles. The molecule has 0 fully saturated rings. The van der Waals surface area contributed by atoms with Gasteiger partial charge in [-0.05, 0) is 40.9 Å². The van der Waals surface area contributed by atoms with E-state index in [4.69, 9.17) is 17.3 Å². The van der Waals surface area contributed by atoms with Gasteiger partial charge in [0.2, 0.25) is 0 Å². The van der Waals surface area contributed by atoms with E-state index in [1.165, 1.54) is 0 Å². The van der Waals surface area contributed by atoms with Crippen molar-refractivity contribution in [2.75, 3.05) is 6.54 Å². The first-order valence-electron chi connectivity index (χ1n) is 5.79. The van der Waals surface area contributed by atoms with Gasteiger partial charge in [-0.1, -0.05) is 37.6 Å². The lowest BCUT2D eigenvalue weighted by Gasteiger charge is -2.24. The molecule has 1 rings (SSSR count). The molecule has 0 radical (unpaired) electrons. The van der Waals surface area contributed by atoms with Crippen molar-refractivity contribution in [1.29, 1.82) is 0 Å². The number of nitrogens with two attached hydrogens (primary N) is 1. The highest BCUT2D eigenvalue weighted by atomic mass is 79.9. The van der Waals surface area contributed by atoms with Gasteiger partial charge >= 0.3 is 0 Å². The van der Waals surface area contributed by atoms with E-state index in [-0.39, 0.29) is 5.92 Å². The minimum Gasteiger partial charge on any atom is -0.388 e. The van der Waals surface area contributed by atoms with Gasteiger partial charge in [0.1, 0.15) is 0 Å². The number of hydrogen-bond donors (Lipinski definition) is 2. The normalized spacial score (nSPS) is 15.0. The van der Waals surface area contributed by atoms with Crippen LogP contribution >= 0.6 is 27.5 Å². The van der Waals surface area contributed by atoms with Crippen molar-refractivity contribution in [2.24, 2.45) is 17.6 Å². The predicted octanol–water partition coefficient (Wildman–Crippen LogP) is 3.76. The molecule has 2 atom stereocenters. The molecule has 0 aliphatic rings. The van der Waals surface area contributed by atoms with Crippen LogP contribution in [0.25, 0.3) is 0 Å². The van der Waals surface area contributed by atoms with Gasteiger partial charge < -0.3 is 10.8 Å². The third-order valence-corrected chi connectivity index (χ3v) is 4.13.